The fourth-order valence-corrected chi connectivity index (χ4v) is 2.46. The Balaban J connectivity index is 1.94. The standard InChI is InChI=1S/C10H13NS/c1-2-4-9(5-3-1)6-10-7-12-8-11-10/h1-5,10-11H,6-8H2. The van der Waals surface area contributed by atoms with Crippen LogP contribution in [-0.4, -0.2) is 17.7 Å². The Kier molecular flexibility index (Phi) is 2.69. The van der Waals surface area contributed by atoms with Gasteiger partial charge in [-0.1, -0.05) is 30.3 Å². The smallest absolute Gasteiger partial charge is 0.0420 e. The van der Waals surface area contributed by atoms with Gasteiger partial charge in [0, 0.05) is 17.7 Å². The molecule has 1 atom stereocenters. The largest absolute Gasteiger partial charge is 0.304 e. The summed E-state index contributed by atoms with van der Waals surface area (Å²) in [5, 5.41) is 3.47. The van der Waals surface area contributed by atoms with Crippen molar-refractivity contribution in [2.24, 2.45) is 0 Å². The SMILES string of the molecule is c1ccc(CC2CSCN2)cc1. The fraction of sp³-hybridized carbons (Fsp3) is 0.400. The molecule has 1 saturated heterocycles. The quantitative estimate of drug-likeness (QED) is 0.744. The second kappa shape index (κ2) is 3.97. The lowest BCUT2D eigenvalue weighted by molar-refractivity contribution is 0.630. The molecular weight excluding hydrogens is 166 g/mol. The molecule has 1 aliphatic heterocycles. The summed E-state index contributed by atoms with van der Waals surface area (Å²) in [4.78, 5) is 0. The maximum atomic E-state index is 3.47. The van der Waals surface area contributed by atoms with Gasteiger partial charge in [-0.15, -0.1) is 11.8 Å². The van der Waals surface area contributed by atoms with E-state index in [1.807, 2.05) is 11.8 Å². The van der Waals surface area contributed by atoms with Crippen molar-refractivity contribution in [1.82, 2.24) is 5.32 Å². The van der Waals surface area contributed by atoms with Gasteiger partial charge in [0.1, 0.15) is 0 Å². The van der Waals surface area contributed by atoms with E-state index in [0.717, 1.165) is 5.88 Å². The Morgan fingerprint density at radius 1 is 1.33 bits per heavy atom. The first-order chi connectivity index (χ1) is 5.95. The van der Waals surface area contributed by atoms with E-state index >= 15 is 0 Å². The number of rotatable bonds is 2. The van der Waals surface area contributed by atoms with Crippen LogP contribution in [0.1, 0.15) is 5.56 Å². The molecule has 1 aromatic carbocycles. The number of nitrogens with one attached hydrogen (secondary N) is 1. The normalized spacial score (nSPS) is 22.8. The predicted octanol–water partition coefficient (Wildman–Crippen LogP) is 1.89. The molecule has 1 heterocycles. The van der Waals surface area contributed by atoms with Crippen molar-refractivity contribution in [3.05, 3.63) is 35.9 Å². The molecule has 1 N–H and O–H groups in total. The molecule has 0 amide bonds. The molecule has 0 spiro atoms. The number of thioether (sulfide) groups is 1. The van der Waals surface area contributed by atoms with Gasteiger partial charge in [-0.25, -0.2) is 0 Å². The van der Waals surface area contributed by atoms with Gasteiger partial charge in [0.05, 0.1) is 0 Å². The van der Waals surface area contributed by atoms with Gasteiger partial charge in [0.15, 0.2) is 0 Å². The van der Waals surface area contributed by atoms with E-state index in [-0.39, 0.29) is 0 Å². The van der Waals surface area contributed by atoms with E-state index in [9.17, 15) is 0 Å². The van der Waals surface area contributed by atoms with Crippen LogP contribution in [0.2, 0.25) is 0 Å². The molecule has 64 valence electrons. The number of hydrogen-bond donors (Lipinski definition) is 1. The van der Waals surface area contributed by atoms with Crippen LogP contribution in [-0.2, 0) is 6.42 Å². The van der Waals surface area contributed by atoms with Crippen LogP contribution in [0.25, 0.3) is 0 Å². The summed E-state index contributed by atoms with van der Waals surface area (Å²) in [7, 11) is 0. The third-order valence-corrected chi connectivity index (χ3v) is 3.13. The first-order valence-electron chi connectivity index (χ1n) is 4.30. The summed E-state index contributed by atoms with van der Waals surface area (Å²) in [6.07, 6.45) is 1.17. The Morgan fingerprint density at radius 2 is 2.17 bits per heavy atom. The average Bonchev–Trinajstić information content (AvgIpc) is 2.59. The monoisotopic (exact) mass is 179 g/mol. The minimum atomic E-state index is 0.692. The predicted molar refractivity (Wildman–Crippen MR) is 54.4 cm³/mol. The lowest BCUT2D eigenvalue weighted by Crippen LogP contribution is -2.25. The van der Waals surface area contributed by atoms with Crippen LogP contribution in [0, 0.1) is 0 Å². The van der Waals surface area contributed by atoms with E-state index in [2.05, 4.69) is 35.6 Å². The molecular formula is C10H13NS. The molecule has 1 nitrogen and oxygen atoms in total. The van der Waals surface area contributed by atoms with Gasteiger partial charge in [-0.3, -0.25) is 0 Å². The van der Waals surface area contributed by atoms with Crippen LogP contribution in [0.4, 0.5) is 0 Å². The van der Waals surface area contributed by atoms with Crippen molar-refractivity contribution in [1.29, 1.82) is 0 Å². The molecule has 1 unspecified atom stereocenters. The average molecular weight is 179 g/mol. The van der Waals surface area contributed by atoms with Gasteiger partial charge in [0.25, 0.3) is 0 Å². The third-order valence-electron chi connectivity index (χ3n) is 2.12. The molecule has 1 aromatic rings. The van der Waals surface area contributed by atoms with E-state index < -0.39 is 0 Å². The first kappa shape index (κ1) is 8.14. The van der Waals surface area contributed by atoms with Gasteiger partial charge < -0.3 is 5.32 Å². The molecule has 0 saturated carbocycles. The van der Waals surface area contributed by atoms with Gasteiger partial charge in [-0.2, -0.15) is 0 Å². The highest BCUT2D eigenvalue weighted by Gasteiger charge is 2.13. The van der Waals surface area contributed by atoms with E-state index in [1.165, 1.54) is 17.7 Å². The van der Waals surface area contributed by atoms with Crippen LogP contribution in [0.15, 0.2) is 30.3 Å². The third kappa shape index (κ3) is 2.02. The zero-order valence-corrected chi connectivity index (χ0v) is 7.81. The van der Waals surface area contributed by atoms with E-state index in [1.54, 1.807) is 0 Å². The van der Waals surface area contributed by atoms with E-state index in [4.69, 9.17) is 0 Å². The maximum Gasteiger partial charge on any atom is 0.0420 e. The molecule has 0 aliphatic carbocycles. The Bertz CT molecular complexity index is 229. The molecule has 0 aromatic heterocycles. The summed E-state index contributed by atoms with van der Waals surface area (Å²) in [6, 6.07) is 11.4. The van der Waals surface area contributed by atoms with Crippen molar-refractivity contribution < 1.29 is 0 Å². The lowest BCUT2D eigenvalue weighted by atomic mass is 10.1. The van der Waals surface area contributed by atoms with E-state index in [0.29, 0.717) is 6.04 Å². The van der Waals surface area contributed by atoms with Crippen molar-refractivity contribution >= 4 is 11.8 Å². The van der Waals surface area contributed by atoms with Crippen molar-refractivity contribution in [2.45, 2.75) is 12.5 Å². The zero-order chi connectivity index (χ0) is 8.23. The first-order valence-corrected chi connectivity index (χ1v) is 5.46. The van der Waals surface area contributed by atoms with Gasteiger partial charge in [-0.05, 0) is 12.0 Å². The second-order valence-electron chi connectivity index (χ2n) is 3.11. The summed E-state index contributed by atoms with van der Waals surface area (Å²) in [5.41, 5.74) is 1.44. The number of hydrogen-bond acceptors (Lipinski definition) is 2. The Hall–Kier alpha value is -0.470. The zero-order valence-electron chi connectivity index (χ0n) is 6.99. The van der Waals surface area contributed by atoms with Crippen LogP contribution >= 0.6 is 11.8 Å². The second-order valence-corrected chi connectivity index (χ2v) is 4.14. The summed E-state index contributed by atoms with van der Waals surface area (Å²) < 4.78 is 0. The van der Waals surface area contributed by atoms with Crippen molar-refractivity contribution in [2.75, 3.05) is 11.6 Å². The summed E-state index contributed by atoms with van der Waals surface area (Å²) >= 11 is 1.99. The fourth-order valence-electron chi connectivity index (χ4n) is 1.47. The molecule has 0 radical (unpaired) electrons. The molecule has 12 heavy (non-hydrogen) atoms. The highest BCUT2D eigenvalue weighted by Crippen LogP contribution is 2.13. The Labute approximate surface area is 77.6 Å². The molecule has 0 bridgehead atoms. The van der Waals surface area contributed by atoms with Crippen LogP contribution < -0.4 is 5.32 Å². The topological polar surface area (TPSA) is 12.0 Å². The summed E-state index contributed by atoms with van der Waals surface area (Å²) in [6.45, 7) is 0. The maximum absolute atomic E-state index is 3.47. The molecule has 2 rings (SSSR count). The highest BCUT2D eigenvalue weighted by molar-refractivity contribution is 7.99. The minimum Gasteiger partial charge on any atom is -0.304 e. The van der Waals surface area contributed by atoms with Crippen LogP contribution in [0.3, 0.4) is 0 Å². The van der Waals surface area contributed by atoms with Gasteiger partial charge in [0.2, 0.25) is 0 Å². The summed E-state index contributed by atoms with van der Waals surface area (Å²) in [5.74, 6) is 2.38. The lowest BCUT2D eigenvalue weighted by Gasteiger charge is -2.08. The van der Waals surface area contributed by atoms with Crippen molar-refractivity contribution in [3.8, 4) is 0 Å². The van der Waals surface area contributed by atoms with Crippen LogP contribution in [0.5, 0.6) is 0 Å². The molecule has 1 aliphatic rings. The minimum absolute atomic E-state index is 0.692. The Morgan fingerprint density at radius 3 is 2.83 bits per heavy atom. The van der Waals surface area contributed by atoms with Crippen molar-refractivity contribution in [3.63, 3.8) is 0 Å². The highest BCUT2D eigenvalue weighted by atomic mass is 32.2. The number of benzene rings is 1. The molecule has 2 heteroatoms. The van der Waals surface area contributed by atoms with Gasteiger partial charge >= 0.3 is 0 Å². The molecule has 1 fully saturated rings.